The fourth-order valence-corrected chi connectivity index (χ4v) is 9.07. The van der Waals surface area contributed by atoms with Crippen LogP contribution in [0, 0.1) is 0 Å². The Morgan fingerprint density at radius 2 is 0.962 bits per heavy atom. The van der Waals surface area contributed by atoms with Crippen LogP contribution in [0.4, 0.5) is 0 Å². The van der Waals surface area contributed by atoms with Crippen LogP contribution >= 0.6 is 23.5 Å². The first-order valence-electron chi connectivity index (χ1n) is 16.9. The minimum Gasteiger partial charge on any atom is -0.497 e. The maximum absolute atomic E-state index is 13.6. The van der Waals surface area contributed by atoms with E-state index in [4.69, 9.17) is 19.7 Å². The van der Waals surface area contributed by atoms with Crippen LogP contribution in [0.15, 0.2) is 122 Å². The Kier molecular flexibility index (Phi) is 9.48. The van der Waals surface area contributed by atoms with Gasteiger partial charge in [0.2, 0.25) is 11.8 Å². The first kappa shape index (κ1) is 33.7. The lowest BCUT2D eigenvalue weighted by Crippen LogP contribution is -2.39. The third-order valence-electron chi connectivity index (χ3n) is 9.30. The van der Waals surface area contributed by atoms with Crippen molar-refractivity contribution in [1.82, 2.24) is 29.4 Å². The lowest BCUT2D eigenvalue weighted by Gasteiger charge is -2.29. The van der Waals surface area contributed by atoms with Crippen molar-refractivity contribution in [3.8, 4) is 45.4 Å². The van der Waals surface area contributed by atoms with Crippen molar-refractivity contribution in [2.24, 2.45) is 0 Å². The number of thioether (sulfide) groups is 2. The van der Waals surface area contributed by atoms with Crippen LogP contribution in [-0.4, -0.2) is 80.0 Å². The molecule has 0 N–H and O–H groups in total. The number of methoxy groups -OCH3 is 2. The number of hydrogen-bond donors (Lipinski definition) is 0. The fraction of sp³-hybridized carbons (Fsp3) is 0.200. The maximum Gasteiger partial charge on any atom is 0.233 e. The second-order valence-electron chi connectivity index (χ2n) is 12.4. The van der Waals surface area contributed by atoms with E-state index in [1.165, 1.54) is 0 Å². The molecule has 2 aliphatic rings. The molecule has 2 amide bonds. The third kappa shape index (κ3) is 6.55. The Labute approximate surface area is 310 Å². The lowest BCUT2D eigenvalue weighted by molar-refractivity contribution is -0.132. The molecule has 0 aliphatic carbocycles. The molecular formula is C40H36N6O4S2. The van der Waals surface area contributed by atoms with Crippen molar-refractivity contribution >= 4 is 35.3 Å². The molecule has 2 atom stereocenters. The molecule has 12 heteroatoms. The number of rotatable bonds is 11. The molecule has 2 aliphatic heterocycles. The highest BCUT2D eigenvalue weighted by atomic mass is 32.2. The number of aromatic nitrogens is 4. The van der Waals surface area contributed by atoms with E-state index in [9.17, 15) is 9.59 Å². The normalized spacial score (nSPS) is 17.3. The van der Waals surface area contributed by atoms with Crippen molar-refractivity contribution in [3.05, 3.63) is 133 Å². The van der Waals surface area contributed by atoms with Gasteiger partial charge in [0.15, 0.2) is 0 Å². The van der Waals surface area contributed by atoms with Gasteiger partial charge in [-0.2, -0.15) is 10.2 Å². The number of carbonyl (C=O) groups excluding carboxylic acids is 2. The van der Waals surface area contributed by atoms with Gasteiger partial charge >= 0.3 is 0 Å². The van der Waals surface area contributed by atoms with Crippen LogP contribution in [0.3, 0.4) is 0 Å². The van der Waals surface area contributed by atoms with Crippen molar-refractivity contribution in [3.63, 3.8) is 0 Å². The molecule has 2 saturated heterocycles. The van der Waals surface area contributed by atoms with Crippen LogP contribution in [0.25, 0.3) is 33.9 Å². The molecule has 4 heterocycles. The second kappa shape index (κ2) is 14.6. The van der Waals surface area contributed by atoms with E-state index < -0.39 is 0 Å². The molecule has 0 spiro atoms. The van der Waals surface area contributed by atoms with Crippen molar-refractivity contribution < 1.29 is 19.1 Å². The number of nitrogens with zero attached hydrogens (tertiary/aromatic N) is 6. The highest BCUT2D eigenvalue weighted by Crippen LogP contribution is 2.45. The Hall–Kier alpha value is -5.46. The van der Waals surface area contributed by atoms with Gasteiger partial charge in [-0.1, -0.05) is 36.4 Å². The summed E-state index contributed by atoms with van der Waals surface area (Å²) in [5.41, 5.74) is 7.19. The van der Waals surface area contributed by atoms with Crippen molar-refractivity contribution in [2.75, 3.05) is 38.8 Å². The Balaban J connectivity index is 1.11. The number of ether oxygens (including phenoxy) is 2. The van der Waals surface area contributed by atoms with Gasteiger partial charge in [-0.3, -0.25) is 9.59 Å². The average molecular weight is 729 g/mol. The number of para-hydroxylation sites is 2. The minimum absolute atomic E-state index is 0.0369. The first-order chi connectivity index (χ1) is 25.5. The topological polar surface area (TPSA) is 94.7 Å². The van der Waals surface area contributed by atoms with Crippen LogP contribution in [0.2, 0.25) is 0 Å². The SMILES string of the molecule is COc1ccc(-c2nn(-c3ccccc3)cc2[C@H]2SCC(=O)N2CCN2C(=O)CS[C@H]2c2cn(-c3ccccc3)nc2-c2ccc(OC)cc2)cc1. The van der Waals surface area contributed by atoms with E-state index >= 15 is 0 Å². The summed E-state index contributed by atoms with van der Waals surface area (Å²) in [4.78, 5) is 31.0. The highest BCUT2D eigenvalue weighted by molar-refractivity contribution is 8.00. The zero-order valence-corrected chi connectivity index (χ0v) is 30.3. The van der Waals surface area contributed by atoms with Crippen LogP contribution in [0.1, 0.15) is 21.9 Å². The maximum atomic E-state index is 13.6. The van der Waals surface area contributed by atoms with Gasteiger partial charge in [-0.15, -0.1) is 23.5 Å². The van der Waals surface area contributed by atoms with E-state index in [2.05, 4.69) is 0 Å². The summed E-state index contributed by atoms with van der Waals surface area (Å²) in [6.07, 6.45) is 4.05. The van der Waals surface area contributed by atoms with E-state index in [1.54, 1.807) is 37.7 Å². The molecule has 0 bridgehead atoms. The molecule has 2 aromatic heterocycles. The number of hydrogen-bond acceptors (Lipinski definition) is 8. The molecule has 0 saturated carbocycles. The average Bonchev–Trinajstić information content (AvgIpc) is 4.00. The smallest absolute Gasteiger partial charge is 0.233 e. The Bertz CT molecular complexity index is 2030. The van der Waals surface area contributed by atoms with E-state index in [1.807, 2.05) is 141 Å². The van der Waals surface area contributed by atoms with E-state index in [-0.39, 0.29) is 22.6 Å². The molecule has 2 fully saturated rings. The van der Waals surface area contributed by atoms with Gasteiger partial charge in [0.05, 0.1) is 48.5 Å². The number of amides is 2. The largest absolute Gasteiger partial charge is 0.497 e. The summed E-state index contributed by atoms with van der Waals surface area (Å²) < 4.78 is 14.6. The molecule has 6 aromatic rings. The van der Waals surface area contributed by atoms with Gasteiger partial charge in [0.1, 0.15) is 22.2 Å². The van der Waals surface area contributed by atoms with Crippen LogP contribution in [0.5, 0.6) is 11.5 Å². The standard InChI is InChI=1S/C40H36N6O4S2/c1-49-31-17-13-27(14-18-31)37-33(23-45(41-37)29-9-5-3-6-10-29)39-43(35(47)25-51-39)21-22-44-36(48)26-52-40(44)34-24-46(30-11-7-4-8-12-30)42-38(34)28-15-19-32(50-2)20-16-28/h3-20,23-24,39-40H,21-22,25-26H2,1-2H3/t39-,40+. The van der Waals surface area contributed by atoms with Gasteiger partial charge in [0, 0.05) is 47.7 Å². The molecule has 8 rings (SSSR count). The molecule has 262 valence electrons. The quantitative estimate of drug-likeness (QED) is 0.138. The van der Waals surface area contributed by atoms with Crippen molar-refractivity contribution in [2.45, 2.75) is 10.7 Å². The summed E-state index contributed by atoms with van der Waals surface area (Å²) in [5.74, 6) is 2.28. The minimum atomic E-state index is -0.276. The molecule has 52 heavy (non-hydrogen) atoms. The first-order valence-corrected chi connectivity index (χ1v) is 19.0. The summed E-state index contributed by atoms with van der Waals surface area (Å²) >= 11 is 3.17. The second-order valence-corrected chi connectivity index (χ2v) is 14.5. The monoisotopic (exact) mass is 728 g/mol. The Morgan fingerprint density at radius 3 is 1.33 bits per heavy atom. The van der Waals surface area contributed by atoms with Crippen molar-refractivity contribution in [1.29, 1.82) is 0 Å². The predicted molar refractivity (Wildman–Crippen MR) is 205 cm³/mol. The van der Waals surface area contributed by atoms with Gasteiger partial charge in [-0.05, 0) is 72.8 Å². The lowest BCUT2D eigenvalue weighted by atomic mass is 10.1. The molecular weight excluding hydrogens is 693 g/mol. The summed E-state index contributed by atoms with van der Waals surface area (Å²) in [6, 6.07) is 35.6. The van der Waals surface area contributed by atoms with Crippen LogP contribution < -0.4 is 9.47 Å². The molecule has 10 nitrogen and oxygen atoms in total. The molecule has 0 unspecified atom stereocenters. The zero-order valence-electron chi connectivity index (χ0n) is 28.7. The van der Waals surface area contributed by atoms with Crippen LogP contribution in [-0.2, 0) is 9.59 Å². The molecule has 0 radical (unpaired) electrons. The summed E-state index contributed by atoms with van der Waals surface area (Å²) in [7, 11) is 3.29. The number of carbonyl (C=O) groups is 2. The van der Waals surface area contributed by atoms with Gasteiger partial charge in [0.25, 0.3) is 0 Å². The number of benzene rings is 4. The fourth-order valence-electron chi connectivity index (χ4n) is 6.63. The predicted octanol–water partition coefficient (Wildman–Crippen LogP) is 7.26. The Morgan fingerprint density at radius 1 is 0.577 bits per heavy atom. The van der Waals surface area contributed by atoms with Gasteiger partial charge < -0.3 is 19.3 Å². The van der Waals surface area contributed by atoms with E-state index in [0.29, 0.717) is 24.6 Å². The summed E-state index contributed by atoms with van der Waals surface area (Å²) in [5, 5.41) is 9.50. The zero-order chi connectivity index (χ0) is 35.6. The third-order valence-corrected chi connectivity index (χ3v) is 11.8. The van der Waals surface area contributed by atoms with Gasteiger partial charge in [-0.25, -0.2) is 9.36 Å². The molecule has 4 aromatic carbocycles. The van der Waals surface area contributed by atoms with E-state index in [0.717, 1.165) is 56.5 Å². The highest BCUT2D eigenvalue weighted by Gasteiger charge is 2.40. The summed E-state index contributed by atoms with van der Waals surface area (Å²) in [6.45, 7) is 0.755.